The summed E-state index contributed by atoms with van der Waals surface area (Å²) in [7, 11) is -1.54. The van der Waals surface area contributed by atoms with E-state index in [0.29, 0.717) is 23.9 Å². The molecule has 0 radical (unpaired) electrons. The van der Waals surface area contributed by atoms with Crippen LogP contribution in [0.3, 0.4) is 0 Å². The molecule has 3 N–H and O–H groups in total. The molecule has 0 aliphatic heterocycles. The van der Waals surface area contributed by atoms with Gasteiger partial charge in [0, 0.05) is 39.0 Å². The first-order valence-corrected chi connectivity index (χ1v) is 10.7. The van der Waals surface area contributed by atoms with Crippen LogP contribution in [-0.2, 0) is 27.7 Å². The number of aliphatic imine (C=N–C) groups is 1. The van der Waals surface area contributed by atoms with Gasteiger partial charge in [0.1, 0.15) is 0 Å². The molecule has 28 heavy (non-hydrogen) atoms. The van der Waals surface area contributed by atoms with Crippen molar-refractivity contribution in [1.29, 1.82) is 0 Å². The standard InChI is InChI=1S/C20H26N4O3S/c1-14-10-17(8-9-19(14)28(4,26)27)13-23-20(21-3)22-12-16-6-5-7-18(11-16)24-15(2)25/h5-11H,12-13H2,1-4H3,(H,24,25)(H2,21,22,23). The number of amides is 1. The Morgan fingerprint density at radius 3 is 2.21 bits per heavy atom. The lowest BCUT2D eigenvalue weighted by molar-refractivity contribution is -0.114. The quantitative estimate of drug-likeness (QED) is 0.508. The highest BCUT2D eigenvalue weighted by atomic mass is 32.2. The molecule has 0 aliphatic rings. The van der Waals surface area contributed by atoms with Gasteiger partial charge in [0.05, 0.1) is 4.90 Å². The summed E-state index contributed by atoms with van der Waals surface area (Å²) in [6.45, 7) is 4.31. The zero-order valence-corrected chi connectivity index (χ0v) is 17.4. The van der Waals surface area contributed by atoms with Crippen molar-refractivity contribution in [3.63, 3.8) is 0 Å². The lowest BCUT2D eigenvalue weighted by atomic mass is 10.1. The molecule has 0 saturated carbocycles. The summed E-state index contributed by atoms with van der Waals surface area (Å²) >= 11 is 0. The largest absolute Gasteiger partial charge is 0.352 e. The van der Waals surface area contributed by atoms with Crippen LogP contribution < -0.4 is 16.0 Å². The topological polar surface area (TPSA) is 99.7 Å². The Kier molecular flexibility index (Phi) is 7.17. The fourth-order valence-electron chi connectivity index (χ4n) is 2.79. The van der Waals surface area contributed by atoms with Crippen LogP contribution in [0.15, 0.2) is 52.4 Å². The predicted octanol–water partition coefficient (Wildman–Crippen LogP) is 2.22. The molecule has 0 unspecified atom stereocenters. The Hall–Kier alpha value is -2.87. The van der Waals surface area contributed by atoms with Crippen LogP contribution in [0.5, 0.6) is 0 Å². The number of anilines is 1. The first-order chi connectivity index (χ1) is 13.2. The van der Waals surface area contributed by atoms with Crippen LogP contribution >= 0.6 is 0 Å². The number of sulfone groups is 1. The van der Waals surface area contributed by atoms with Crippen molar-refractivity contribution in [2.45, 2.75) is 31.8 Å². The van der Waals surface area contributed by atoms with Crippen molar-refractivity contribution in [3.05, 3.63) is 59.2 Å². The number of hydrogen-bond acceptors (Lipinski definition) is 4. The smallest absolute Gasteiger partial charge is 0.221 e. The number of carbonyl (C=O) groups excluding carboxylic acids is 1. The molecule has 0 saturated heterocycles. The molecule has 0 atom stereocenters. The minimum absolute atomic E-state index is 0.111. The Bertz CT molecular complexity index is 985. The van der Waals surface area contributed by atoms with E-state index in [1.54, 1.807) is 26.1 Å². The summed E-state index contributed by atoms with van der Waals surface area (Å²) < 4.78 is 23.4. The average molecular weight is 403 g/mol. The van der Waals surface area contributed by atoms with Gasteiger partial charge in [0.2, 0.25) is 5.91 Å². The number of nitrogens with one attached hydrogen (secondary N) is 3. The monoisotopic (exact) mass is 402 g/mol. The van der Waals surface area contributed by atoms with Crippen LogP contribution in [0, 0.1) is 6.92 Å². The van der Waals surface area contributed by atoms with Crippen molar-refractivity contribution in [2.75, 3.05) is 18.6 Å². The molecular formula is C20H26N4O3S. The third-order valence-electron chi connectivity index (χ3n) is 4.03. The van der Waals surface area contributed by atoms with E-state index in [9.17, 15) is 13.2 Å². The van der Waals surface area contributed by atoms with E-state index in [-0.39, 0.29) is 5.91 Å². The summed E-state index contributed by atoms with van der Waals surface area (Å²) in [5.41, 5.74) is 3.43. The van der Waals surface area contributed by atoms with E-state index in [1.807, 2.05) is 30.3 Å². The number of hydrogen-bond donors (Lipinski definition) is 3. The molecule has 0 spiro atoms. The minimum atomic E-state index is -3.22. The van der Waals surface area contributed by atoms with Crippen molar-refractivity contribution >= 4 is 27.4 Å². The lowest BCUT2D eigenvalue weighted by Crippen LogP contribution is -2.36. The Morgan fingerprint density at radius 1 is 1.04 bits per heavy atom. The highest BCUT2D eigenvalue weighted by Gasteiger charge is 2.11. The summed E-state index contributed by atoms with van der Waals surface area (Å²) in [6.07, 6.45) is 1.21. The van der Waals surface area contributed by atoms with Gasteiger partial charge < -0.3 is 16.0 Å². The molecule has 2 aromatic carbocycles. The van der Waals surface area contributed by atoms with Gasteiger partial charge >= 0.3 is 0 Å². The Labute approximate surface area is 166 Å². The number of guanidine groups is 1. The van der Waals surface area contributed by atoms with E-state index < -0.39 is 9.84 Å². The lowest BCUT2D eigenvalue weighted by Gasteiger charge is -2.13. The maximum Gasteiger partial charge on any atom is 0.221 e. The Morgan fingerprint density at radius 2 is 1.68 bits per heavy atom. The second kappa shape index (κ2) is 9.36. The highest BCUT2D eigenvalue weighted by Crippen LogP contribution is 2.16. The zero-order valence-electron chi connectivity index (χ0n) is 16.5. The molecule has 0 fully saturated rings. The van der Waals surface area contributed by atoms with Crippen LogP contribution in [-0.4, -0.2) is 33.6 Å². The van der Waals surface area contributed by atoms with Gasteiger partial charge in [-0.25, -0.2) is 8.42 Å². The number of benzene rings is 2. The zero-order chi connectivity index (χ0) is 20.7. The molecule has 150 valence electrons. The predicted molar refractivity (Wildman–Crippen MR) is 112 cm³/mol. The summed E-state index contributed by atoms with van der Waals surface area (Å²) in [5.74, 6) is 0.509. The molecule has 7 nitrogen and oxygen atoms in total. The van der Waals surface area contributed by atoms with E-state index in [2.05, 4.69) is 20.9 Å². The molecular weight excluding hydrogens is 376 g/mol. The van der Waals surface area contributed by atoms with E-state index >= 15 is 0 Å². The summed E-state index contributed by atoms with van der Waals surface area (Å²) in [4.78, 5) is 15.7. The van der Waals surface area contributed by atoms with Crippen molar-refractivity contribution in [1.82, 2.24) is 10.6 Å². The van der Waals surface area contributed by atoms with Crippen molar-refractivity contribution in [2.24, 2.45) is 4.99 Å². The third-order valence-corrected chi connectivity index (χ3v) is 5.29. The molecule has 8 heteroatoms. The van der Waals surface area contributed by atoms with Gasteiger partial charge in [0.15, 0.2) is 15.8 Å². The molecule has 0 bridgehead atoms. The summed E-state index contributed by atoms with van der Waals surface area (Å²) in [5, 5.41) is 9.18. The van der Waals surface area contributed by atoms with Crippen LogP contribution in [0.2, 0.25) is 0 Å². The number of carbonyl (C=O) groups is 1. The fourth-order valence-corrected chi connectivity index (χ4v) is 3.75. The molecule has 0 heterocycles. The van der Waals surface area contributed by atoms with Gasteiger partial charge in [0.25, 0.3) is 0 Å². The highest BCUT2D eigenvalue weighted by molar-refractivity contribution is 7.90. The van der Waals surface area contributed by atoms with Crippen LogP contribution in [0.25, 0.3) is 0 Å². The molecule has 2 aromatic rings. The van der Waals surface area contributed by atoms with Gasteiger partial charge in [-0.15, -0.1) is 0 Å². The number of rotatable bonds is 6. The van der Waals surface area contributed by atoms with Crippen molar-refractivity contribution < 1.29 is 13.2 Å². The first kappa shape index (κ1) is 21.4. The summed E-state index contributed by atoms with van der Waals surface area (Å²) in [6, 6.07) is 12.8. The van der Waals surface area contributed by atoms with E-state index in [0.717, 1.165) is 22.4 Å². The van der Waals surface area contributed by atoms with Gasteiger partial charge in [-0.1, -0.05) is 24.3 Å². The maximum atomic E-state index is 11.7. The normalized spacial score (nSPS) is 11.8. The number of nitrogens with zero attached hydrogens (tertiary/aromatic N) is 1. The van der Waals surface area contributed by atoms with Crippen molar-refractivity contribution in [3.8, 4) is 0 Å². The third kappa shape index (κ3) is 6.38. The molecule has 0 aromatic heterocycles. The second-order valence-electron chi connectivity index (χ2n) is 6.53. The van der Waals surface area contributed by atoms with Gasteiger partial charge in [-0.05, 0) is 41.8 Å². The first-order valence-electron chi connectivity index (χ1n) is 8.79. The van der Waals surface area contributed by atoms with Gasteiger partial charge in [-0.3, -0.25) is 9.79 Å². The van der Waals surface area contributed by atoms with E-state index in [1.165, 1.54) is 13.2 Å². The second-order valence-corrected chi connectivity index (χ2v) is 8.52. The van der Waals surface area contributed by atoms with Gasteiger partial charge in [-0.2, -0.15) is 0 Å². The van der Waals surface area contributed by atoms with Crippen LogP contribution in [0.4, 0.5) is 5.69 Å². The Balaban J connectivity index is 1.95. The van der Waals surface area contributed by atoms with Crippen LogP contribution in [0.1, 0.15) is 23.6 Å². The number of aryl methyl sites for hydroxylation is 1. The molecule has 0 aliphatic carbocycles. The molecule has 1 amide bonds. The maximum absolute atomic E-state index is 11.7. The SMILES string of the molecule is CN=C(NCc1cccc(NC(C)=O)c1)NCc1ccc(S(C)(=O)=O)c(C)c1. The van der Waals surface area contributed by atoms with E-state index in [4.69, 9.17) is 0 Å². The minimum Gasteiger partial charge on any atom is -0.352 e. The fraction of sp³-hybridized carbons (Fsp3) is 0.300. The average Bonchev–Trinajstić information content (AvgIpc) is 2.60. The molecule has 2 rings (SSSR count).